The molecule has 0 amide bonds. The van der Waals surface area contributed by atoms with Crippen LogP contribution in [-0.2, 0) is 4.74 Å². The maximum absolute atomic E-state index is 5.81. The van der Waals surface area contributed by atoms with Crippen LogP contribution in [0.4, 0.5) is 11.4 Å². The van der Waals surface area contributed by atoms with Crippen LogP contribution in [0.2, 0.25) is 0 Å². The number of nitrogen functional groups attached to an aromatic ring is 1. The van der Waals surface area contributed by atoms with E-state index in [0.717, 1.165) is 30.1 Å². The first kappa shape index (κ1) is 11.9. The zero-order chi connectivity index (χ0) is 11.3. The van der Waals surface area contributed by atoms with Crippen LogP contribution in [0.1, 0.15) is 19.4 Å². The van der Waals surface area contributed by atoms with E-state index in [1.54, 1.807) is 0 Å². The molecular weight excluding hydrogens is 188 g/mol. The fourth-order valence-electron chi connectivity index (χ4n) is 1.44. The number of rotatable bonds is 5. The molecule has 1 aromatic carbocycles. The Morgan fingerprint density at radius 3 is 2.87 bits per heavy atom. The van der Waals surface area contributed by atoms with Gasteiger partial charge in [-0.3, -0.25) is 0 Å². The molecule has 15 heavy (non-hydrogen) atoms. The zero-order valence-corrected chi connectivity index (χ0v) is 9.71. The fourth-order valence-corrected chi connectivity index (χ4v) is 1.44. The Hall–Kier alpha value is -1.22. The van der Waals surface area contributed by atoms with Gasteiger partial charge in [0.05, 0.1) is 6.10 Å². The molecule has 1 atom stereocenters. The molecule has 1 rings (SSSR count). The molecule has 84 valence electrons. The van der Waals surface area contributed by atoms with E-state index in [-0.39, 0.29) is 6.10 Å². The minimum absolute atomic E-state index is 0.218. The van der Waals surface area contributed by atoms with Gasteiger partial charge in [0.25, 0.3) is 0 Å². The second-order valence-electron chi connectivity index (χ2n) is 3.67. The fraction of sp³-hybridized carbons (Fsp3) is 0.500. The Bertz CT molecular complexity index is 312. The Morgan fingerprint density at radius 1 is 1.47 bits per heavy atom. The Morgan fingerprint density at radius 2 is 2.20 bits per heavy atom. The van der Waals surface area contributed by atoms with Crippen molar-refractivity contribution < 1.29 is 4.74 Å². The molecule has 3 heteroatoms. The van der Waals surface area contributed by atoms with Gasteiger partial charge in [0.2, 0.25) is 0 Å². The van der Waals surface area contributed by atoms with Crippen molar-refractivity contribution in [3.05, 3.63) is 23.8 Å². The quantitative estimate of drug-likeness (QED) is 0.730. The molecule has 1 unspecified atom stereocenters. The van der Waals surface area contributed by atoms with Gasteiger partial charge >= 0.3 is 0 Å². The van der Waals surface area contributed by atoms with E-state index in [9.17, 15) is 0 Å². The van der Waals surface area contributed by atoms with Crippen LogP contribution in [0.15, 0.2) is 18.2 Å². The molecule has 0 aliphatic rings. The largest absolute Gasteiger partial charge is 0.398 e. The molecule has 0 aliphatic heterocycles. The monoisotopic (exact) mass is 208 g/mol. The summed E-state index contributed by atoms with van der Waals surface area (Å²) in [5, 5.41) is 3.33. The second kappa shape index (κ2) is 5.61. The third kappa shape index (κ3) is 3.44. The first-order valence-corrected chi connectivity index (χ1v) is 5.35. The van der Waals surface area contributed by atoms with Crippen molar-refractivity contribution in [1.29, 1.82) is 0 Å². The summed E-state index contributed by atoms with van der Waals surface area (Å²) in [5.74, 6) is 0. The summed E-state index contributed by atoms with van der Waals surface area (Å²) in [7, 11) is 0. The number of hydrogen-bond donors (Lipinski definition) is 2. The van der Waals surface area contributed by atoms with E-state index in [1.807, 2.05) is 32.0 Å². The van der Waals surface area contributed by atoms with Crippen molar-refractivity contribution in [3.63, 3.8) is 0 Å². The van der Waals surface area contributed by atoms with E-state index >= 15 is 0 Å². The van der Waals surface area contributed by atoms with E-state index in [0.29, 0.717) is 0 Å². The average molecular weight is 208 g/mol. The van der Waals surface area contributed by atoms with Crippen LogP contribution in [0.3, 0.4) is 0 Å². The van der Waals surface area contributed by atoms with Gasteiger partial charge in [-0.2, -0.15) is 0 Å². The molecule has 3 N–H and O–H groups in total. The Balaban J connectivity index is 2.54. The highest BCUT2D eigenvalue weighted by molar-refractivity contribution is 5.62. The lowest BCUT2D eigenvalue weighted by atomic mass is 10.1. The van der Waals surface area contributed by atoms with E-state index in [4.69, 9.17) is 10.5 Å². The summed E-state index contributed by atoms with van der Waals surface area (Å²) in [6.07, 6.45) is 0.218. The predicted molar refractivity (Wildman–Crippen MR) is 65.2 cm³/mol. The molecule has 0 bridgehead atoms. The van der Waals surface area contributed by atoms with Crippen LogP contribution < -0.4 is 11.1 Å². The summed E-state index contributed by atoms with van der Waals surface area (Å²) in [5.41, 5.74) is 8.82. The lowest BCUT2D eigenvalue weighted by Gasteiger charge is -2.15. The van der Waals surface area contributed by atoms with Crippen molar-refractivity contribution in [2.24, 2.45) is 0 Å². The van der Waals surface area contributed by atoms with E-state index < -0.39 is 0 Å². The van der Waals surface area contributed by atoms with Gasteiger partial charge in [-0.05, 0) is 38.5 Å². The smallest absolute Gasteiger partial charge is 0.0719 e. The lowest BCUT2D eigenvalue weighted by Crippen LogP contribution is -2.20. The zero-order valence-electron chi connectivity index (χ0n) is 9.71. The normalized spacial score (nSPS) is 12.5. The van der Waals surface area contributed by atoms with Crippen LogP contribution in [0.5, 0.6) is 0 Å². The number of ether oxygens (including phenoxy) is 1. The topological polar surface area (TPSA) is 47.3 Å². The number of nitrogens with two attached hydrogens (primary N) is 1. The third-order valence-electron chi connectivity index (χ3n) is 2.41. The first-order valence-electron chi connectivity index (χ1n) is 5.35. The van der Waals surface area contributed by atoms with Crippen LogP contribution in [0, 0.1) is 6.92 Å². The van der Waals surface area contributed by atoms with E-state index in [2.05, 4.69) is 12.2 Å². The maximum atomic E-state index is 5.81. The van der Waals surface area contributed by atoms with E-state index in [1.165, 1.54) is 0 Å². The van der Waals surface area contributed by atoms with Crippen LogP contribution in [-0.4, -0.2) is 19.3 Å². The molecule has 0 fully saturated rings. The predicted octanol–water partition coefficient (Wildman–Crippen LogP) is 2.41. The molecule has 3 nitrogen and oxygen atoms in total. The molecular formula is C12H20N2O. The highest BCUT2D eigenvalue weighted by Crippen LogP contribution is 2.20. The standard InChI is InChI=1S/C12H20N2O/c1-4-15-9(2)8-14-12-7-5-6-11(13)10(12)3/h5-7,9,14H,4,8,13H2,1-3H3. The maximum Gasteiger partial charge on any atom is 0.0719 e. The highest BCUT2D eigenvalue weighted by Gasteiger charge is 2.03. The van der Waals surface area contributed by atoms with Crippen LogP contribution >= 0.6 is 0 Å². The molecule has 0 aromatic heterocycles. The number of benzene rings is 1. The molecule has 0 spiro atoms. The van der Waals surface area contributed by atoms with Gasteiger partial charge in [0.1, 0.15) is 0 Å². The lowest BCUT2D eigenvalue weighted by molar-refractivity contribution is 0.0855. The second-order valence-corrected chi connectivity index (χ2v) is 3.67. The van der Waals surface area contributed by atoms with Crippen molar-refractivity contribution >= 4 is 11.4 Å². The Labute approximate surface area is 91.6 Å². The minimum Gasteiger partial charge on any atom is -0.398 e. The Kier molecular flexibility index (Phi) is 4.43. The van der Waals surface area contributed by atoms with Gasteiger partial charge in [0.15, 0.2) is 0 Å². The molecule has 0 aliphatic carbocycles. The summed E-state index contributed by atoms with van der Waals surface area (Å²) in [6, 6.07) is 5.90. The highest BCUT2D eigenvalue weighted by atomic mass is 16.5. The molecule has 0 heterocycles. The summed E-state index contributed by atoms with van der Waals surface area (Å²) >= 11 is 0. The SMILES string of the molecule is CCOC(C)CNc1cccc(N)c1C. The number of anilines is 2. The van der Waals surface area contributed by atoms with Gasteiger partial charge in [0, 0.05) is 24.5 Å². The third-order valence-corrected chi connectivity index (χ3v) is 2.41. The molecule has 0 saturated heterocycles. The first-order chi connectivity index (χ1) is 7.15. The summed E-state index contributed by atoms with van der Waals surface area (Å²) in [6.45, 7) is 7.63. The average Bonchev–Trinajstić information content (AvgIpc) is 2.21. The summed E-state index contributed by atoms with van der Waals surface area (Å²) in [4.78, 5) is 0. The van der Waals surface area contributed by atoms with Gasteiger partial charge < -0.3 is 15.8 Å². The van der Waals surface area contributed by atoms with Gasteiger partial charge in [-0.25, -0.2) is 0 Å². The van der Waals surface area contributed by atoms with Crippen molar-refractivity contribution in [1.82, 2.24) is 0 Å². The van der Waals surface area contributed by atoms with Crippen molar-refractivity contribution in [2.75, 3.05) is 24.2 Å². The number of hydrogen-bond acceptors (Lipinski definition) is 3. The van der Waals surface area contributed by atoms with Crippen molar-refractivity contribution in [2.45, 2.75) is 26.9 Å². The minimum atomic E-state index is 0.218. The van der Waals surface area contributed by atoms with Crippen molar-refractivity contribution in [3.8, 4) is 0 Å². The molecule has 0 radical (unpaired) electrons. The van der Waals surface area contributed by atoms with Crippen LogP contribution in [0.25, 0.3) is 0 Å². The molecule has 0 saturated carbocycles. The number of nitrogens with one attached hydrogen (secondary N) is 1. The van der Waals surface area contributed by atoms with Gasteiger partial charge in [-0.15, -0.1) is 0 Å². The molecule has 1 aromatic rings. The van der Waals surface area contributed by atoms with Gasteiger partial charge in [-0.1, -0.05) is 6.07 Å². The summed E-state index contributed by atoms with van der Waals surface area (Å²) < 4.78 is 5.44.